The molecule has 1 spiro atoms. The summed E-state index contributed by atoms with van der Waals surface area (Å²) in [5.41, 5.74) is 1.42. The quantitative estimate of drug-likeness (QED) is 0.451. The maximum atomic E-state index is 6.35. The summed E-state index contributed by atoms with van der Waals surface area (Å²) < 4.78 is 12.1. The highest BCUT2D eigenvalue weighted by molar-refractivity contribution is 7.10. The third kappa shape index (κ3) is 4.73. The van der Waals surface area contributed by atoms with Crippen molar-refractivity contribution in [3.05, 3.63) is 59.1 Å². The average Bonchev–Trinajstić information content (AvgIpc) is 3.40. The van der Waals surface area contributed by atoms with Gasteiger partial charge in [-0.05, 0) is 62.2 Å². The molecule has 156 valence electrons. The first-order chi connectivity index (χ1) is 14.3. The molecule has 1 atom stereocenters. The summed E-state index contributed by atoms with van der Waals surface area (Å²) in [6.07, 6.45) is 12.0. The second kappa shape index (κ2) is 9.41. The van der Waals surface area contributed by atoms with Crippen molar-refractivity contribution in [1.29, 1.82) is 0 Å². The van der Waals surface area contributed by atoms with E-state index in [0.29, 0.717) is 6.61 Å². The van der Waals surface area contributed by atoms with E-state index < -0.39 is 0 Å². The molecule has 1 aliphatic heterocycles. The molecule has 0 radical (unpaired) electrons. The van der Waals surface area contributed by atoms with Gasteiger partial charge in [-0.1, -0.05) is 31.6 Å². The van der Waals surface area contributed by atoms with Crippen LogP contribution in [0.2, 0.25) is 0 Å². The number of nitrogens with zero attached hydrogens (tertiary/aromatic N) is 1. The number of hydrogen-bond donors (Lipinski definition) is 1. The third-order valence-electron chi connectivity index (χ3n) is 6.50. The predicted molar refractivity (Wildman–Crippen MR) is 119 cm³/mol. The highest BCUT2D eigenvalue weighted by Gasteiger charge is 2.48. The molecule has 0 bridgehead atoms. The molecule has 3 heterocycles. The van der Waals surface area contributed by atoms with Gasteiger partial charge in [0.15, 0.2) is 0 Å². The van der Waals surface area contributed by atoms with Crippen molar-refractivity contribution < 1.29 is 9.47 Å². The SMILES string of the molecule is C=CCOc1ccsc1CNCCC1(c2ccccn2)CCOC2(CCCC2)C1. The van der Waals surface area contributed by atoms with Gasteiger partial charge < -0.3 is 14.8 Å². The van der Waals surface area contributed by atoms with Crippen LogP contribution in [-0.4, -0.2) is 30.3 Å². The van der Waals surface area contributed by atoms with Crippen molar-refractivity contribution in [2.24, 2.45) is 0 Å². The third-order valence-corrected chi connectivity index (χ3v) is 7.40. The highest BCUT2D eigenvalue weighted by atomic mass is 32.1. The Morgan fingerprint density at radius 2 is 2.14 bits per heavy atom. The molecular weight excluding hydrogens is 380 g/mol. The molecule has 2 aromatic rings. The van der Waals surface area contributed by atoms with Crippen LogP contribution in [0.5, 0.6) is 5.75 Å². The molecule has 1 unspecified atom stereocenters. The molecule has 4 nitrogen and oxygen atoms in total. The molecule has 2 fully saturated rings. The number of thiophene rings is 1. The van der Waals surface area contributed by atoms with Crippen LogP contribution in [0.15, 0.2) is 48.5 Å². The van der Waals surface area contributed by atoms with Crippen LogP contribution in [0.4, 0.5) is 0 Å². The summed E-state index contributed by atoms with van der Waals surface area (Å²) in [5, 5.41) is 5.75. The fourth-order valence-electron chi connectivity index (χ4n) is 5.06. The molecule has 1 aliphatic carbocycles. The maximum Gasteiger partial charge on any atom is 0.134 e. The Morgan fingerprint density at radius 1 is 1.24 bits per heavy atom. The summed E-state index contributed by atoms with van der Waals surface area (Å²) in [6.45, 7) is 6.93. The van der Waals surface area contributed by atoms with Crippen molar-refractivity contribution in [3.8, 4) is 5.75 Å². The minimum Gasteiger partial charge on any atom is -0.488 e. The van der Waals surface area contributed by atoms with Crippen LogP contribution in [0.3, 0.4) is 0 Å². The number of aromatic nitrogens is 1. The molecule has 29 heavy (non-hydrogen) atoms. The largest absolute Gasteiger partial charge is 0.488 e. The number of rotatable bonds is 9. The van der Waals surface area contributed by atoms with Gasteiger partial charge in [-0.2, -0.15) is 0 Å². The van der Waals surface area contributed by atoms with Gasteiger partial charge in [-0.15, -0.1) is 11.3 Å². The molecule has 1 N–H and O–H groups in total. The molecule has 0 aromatic carbocycles. The molecule has 5 heteroatoms. The molecule has 2 aromatic heterocycles. The van der Waals surface area contributed by atoms with Crippen LogP contribution in [-0.2, 0) is 16.7 Å². The van der Waals surface area contributed by atoms with E-state index in [1.54, 1.807) is 17.4 Å². The minimum absolute atomic E-state index is 0.0786. The Hall–Kier alpha value is -1.69. The lowest BCUT2D eigenvalue weighted by atomic mass is 9.68. The maximum absolute atomic E-state index is 6.35. The van der Waals surface area contributed by atoms with Crippen molar-refractivity contribution in [2.45, 2.75) is 62.5 Å². The highest BCUT2D eigenvalue weighted by Crippen LogP contribution is 2.49. The Labute approximate surface area is 178 Å². The first-order valence-electron chi connectivity index (χ1n) is 10.8. The lowest BCUT2D eigenvalue weighted by Gasteiger charge is -2.46. The lowest BCUT2D eigenvalue weighted by molar-refractivity contribution is -0.104. The van der Waals surface area contributed by atoms with E-state index in [9.17, 15) is 0 Å². The second-order valence-corrected chi connectivity index (χ2v) is 9.40. The average molecular weight is 413 g/mol. The van der Waals surface area contributed by atoms with Gasteiger partial charge in [-0.25, -0.2) is 0 Å². The number of hydrogen-bond acceptors (Lipinski definition) is 5. The Kier molecular flexibility index (Phi) is 6.68. The normalized spacial score (nSPS) is 23.3. The van der Waals surface area contributed by atoms with Crippen LogP contribution in [0.1, 0.15) is 55.5 Å². The summed E-state index contributed by atoms with van der Waals surface area (Å²) in [4.78, 5) is 6.04. The van der Waals surface area contributed by atoms with Gasteiger partial charge >= 0.3 is 0 Å². The van der Waals surface area contributed by atoms with Crippen molar-refractivity contribution >= 4 is 11.3 Å². The fraction of sp³-hybridized carbons (Fsp3) is 0.542. The van der Waals surface area contributed by atoms with Gasteiger partial charge in [0.1, 0.15) is 12.4 Å². The first-order valence-corrected chi connectivity index (χ1v) is 11.7. The Balaban J connectivity index is 1.42. The Morgan fingerprint density at radius 3 is 2.93 bits per heavy atom. The standard InChI is InChI=1S/C24H32N2O2S/c1-2-15-27-20-8-17-29-21(20)18-25-14-11-23(22-7-3-6-13-26-22)12-16-28-24(19-23)9-4-5-10-24/h2-3,6-8,13,17,25H,1,4-5,9-12,14-16,18-19H2. The summed E-state index contributed by atoms with van der Waals surface area (Å²) in [6, 6.07) is 8.40. The Bertz CT molecular complexity index is 785. The van der Waals surface area contributed by atoms with Crippen molar-refractivity contribution in [1.82, 2.24) is 10.3 Å². The number of nitrogens with one attached hydrogen (secondary N) is 1. The van der Waals surface area contributed by atoms with E-state index >= 15 is 0 Å². The van der Waals surface area contributed by atoms with E-state index in [4.69, 9.17) is 14.5 Å². The summed E-state index contributed by atoms with van der Waals surface area (Å²) >= 11 is 1.74. The minimum atomic E-state index is 0.0786. The van der Waals surface area contributed by atoms with Gasteiger partial charge in [-0.3, -0.25) is 4.98 Å². The predicted octanol–water partition coefficient (Wildman–Crippen LogP) is 5.25. The zero-order valence-electron chi connectivity index (χ0n) is 17.2. The monoisotopic (exact) mass is 412 g/mol. The van der Waals surface area contributed by atoms with Gasteiger partial charge in [0.05, 0.1) is 10.5 Å². The van der Waals surface area contributed by atoms with E-state index in [1.807, 2.05) is 18.3 Å². The van der Waals surface area contributed by atoms with Gasteiger partial charge in [0, 0.05) is 30.5 Å². The number of pyridine rings is 1. The lowest BCUT2D eigenvalue weighted by Crippen LogP contribution is -2.47. The van der Waals surface area contributed by atoms with Crippen molar-refractivity contribution in [2.75, 3.05) is 19.8 Å². The zero-order valence-corrected chi connectivity index (χ0v) is 18.0. The molecular formula is C24H32N2O2S. The topological polar surface area (TPSA) is 43.4 Å². The van der Waals surface area contributed by atoms with Crippen LogP contribution >= 0.6 is 11.3 Å². The molecule has 1 saturated heterocycles. The van der Waals surface area contributed by atoms with E-state index in [-0.39, 0.29) is 11.0 Å². The van der Waals surface area contributed by atoms with E-state index in [2.05, 4.69) is 29.4 Å². The summed E-state index contributed by atoms with van der Waals surface area (Å²) in [7, 11) is 0. The van der Waals surface area contributed by atoms with Gasteiger partial charge in [0.25, 0.3) is 0 Å². The molecule has 1 saturated carbocycles. The molecule has 0 amide bonds. The van der Waals surface area contributed by atoms with Crippen LogP contribution < -0.4 is 10.1 Å². The van der Waals surface area contributed by atoms with Gasteiger partial charge in [0.2, 0.25) is 0 Å². The molecule has 2 aliphatic rings. The van der Waals surface area contributed by atoms with E-state index in [1.165, 1.54) is 36.3 Å². The zero-order chi connectivity index (χ0) is 20.0. The number of ether oxygens (including phenoxy) is 2. The first kappa shape index (κ1) is 20.6. The second-order valence-electron chi connectivity index (χ2n) is 8.40. The van der Waals surface area contributed by atoms with E-state index in [0.717, 1.165) is 44.7 Å². The smallest absolute Gasteiger partial charge is 0.134 e. The fourth-order valence-corrected chi connectivity index (χ4v) is 5.85. The van der Waals surface area contributed by atoms with Crippen molar-refractivity contribution in [3.63, 3.8) is 0 Å². The molecule has 4 rings (SSSR count). The van der Waals surface area contributed by atoms with Crippen LogP contribution in [0, 0.1) is 0 Å². The summed E-state index contributed by atoms with van der Waals surface area (Å²) in [5.74, 6) is 0.970. The van der Waals surface area contributed by atoms with Crippen LogP contribution in [0.25, 0.3) is 0 Å².